The number of hydrogen-bond acceptors (Lipinski definition) is 5. The zero-order valence-corrected chi connectivity index (χ0v) is 10.1. The highest BCUT2D eigenvalue weighted by molar-refractivity contribution is 5.87. The van der Waals surface area contributed by atoms with E-state index in [0.717, 1.165) is 0 Å². The van der Waals surface area contributed by atoms with Crippen molar-refractivity contribution in [3.05, 3.63) is 34.0 Å². The van der Waals surface area contributed by atoms with Crippen LogP contribution >= 0.6 is 0 Å². The van der Waals surface area contributed by atoms with Gasteiger partial charge in [0, 0.05) is 5.56 Å². The maximum Gasteiger partial charge on any atom is 0.356 e. The fourth-order valence-electron chi connectivity index (χ4n) is 1.03. The van der Waals surface area contributed by atoms with Gasteiger partial charge in [0.15, 0.2) is 0 Å². The SMILES string of the molecule is C#Cc1cc(CN=O)nc(C(=O)OC)c1.CC. The van der Waals surface area contributed by atoms with Crippen LogP contribution in [0.1, 0.15) is 35.6 Å². The Morgan fingerprint density at radius 1 is 1.53 bits per heavy atom. The molecule has 90 valence electrons. The summed E-state index contributed by atoms with van der Waals surface area (Å²) in [6.45, 7) is 3.87. The van der Waals surface area contributed by atoms with Gasteiger partial charge in [-0.2, -0.15) is 4.91 Å². The summed E-state index contributed by atoms with van der Waals surface area (Å²) >= 11 is 0. The van der Waals surface area contributed by atoms with Crippen molar-refractivity contribution in [1.29, 1.82) is 0 Å². The van der Waals surface area contributed by atoms with E-state index in [9.17, 15) is 9.70 Å². The Hall–Kier alpha value is -2.22. The highest BCUT2D eigenvalue weighted by Gasteiger charge is 2.09. The zero-order valence-electron chi connectivity index (χ0n) is 10.1. The third-order valence-corrected chi connectivity index (χ3v) is 1.67. The molecule has 0 aromatic carbocycles. The Morgan fingerprint density at radius 2 is 2.18 bits per heavy atom. The molecule has 0 radical (unpaired) electrons. The molecule has 0 N–H and O–H groups in total. The lowest BCUT2D eigenvalue weighted by atomic mass is 10.2. The molecule has 17 heavy (non-hydrogen) atoms. The quantitative estimate of drug-likeness (QED) is 0.456. The highest BCUT2D eigenvalue weighted by atomic mass is 16.5. The Morgan fingerprint density at radius 3 is 2.65 bits per heavy atom. The Bertz CT molecular complexity index is 436. The summed E-state index contributed by atoms with van der Waals surface area (Å²) in [5, 5.41) is 2.67. The topological polar surface area (TPSA) is 68.6 Å². The number of esters is 1. The second-order valence-corrected chi connectivity index (χ2v) is 2.66. The number of pyridine rings is 1. The number of carbonyl (C=O) groups is 1. The van der Waals surface area contributed by atoms with Crippen LogP contribution in [0.3, 0.4) is 0 Å². The molecule has 0 aliphatic heterocycles. The molecule has 1 aromatic heterocycles. The molecular formula is C12H14N2O3. The molecule has 1 heterocycles. The van der Waals surface area contributed by atoms with Gasteiger partial charge in [-0.3, -0.25) is 0 Å². The average Bonchev–Trinajstić information content (AvgIpc) is 2.40. The van der Waals surface area contributed by atoms with Crippen LogP contribution in [0.4, 0.5) is 0 Å². The standard InChI is InChI=1S/C10H8N2O3.C2H6/c1-3-7-4-8(6-11-14)12-9(5-7)10(13)15-2;1-2/h1,4-5H,6H2,2H3;1-2H3. The van der Waals surface area contributed by atoms with Crippen molar-refractivity contribution >= 4 is 5.97 Å². The number of carbonyl (C=O) groups excluding carboxylic acids is 1. The molecule has 0 amide bonds. The summed E-state index contributed by atoms with van der Waals surface area (Å²) in [5.74, 6) is 1.76. The van der Waals surface area contributed by atoms with Crippen LogP contribution in [0.15, 0.2) is 17.3 Å². The molecule has 0 bridgehead atoms. The van der Waals surface area contributed by atoms with E-state index in [-0.39, 0.29) is 12.2 Å². The van der Waals surface area contributed by atoms with E-state index in [1.165, 1.54) is 19.2 Å². The molecule has 0 spiro atoms. The summed E-state index contributed by atoms with van der Waals surface area (Å²) in [4.78, 5) is 25.1. The van der Waals surface area contributed by atoms with Gasteiger partial charge in [0.25, 0.3) is 0 Å². The van der Waals surface area contributed by atoms with Crippen LogP contribution in [-0.2, 0) is 11.3 Å². The van der Waals surface area contributed by atoms with Crippen LogP contribution in [0, 0.1) is 17.3 Å². The van der Waals surface area contributed by atoms with Crippen LogP contribution < -0.4 is 0 Å². The number of terminal acetylenes is 1. The zero-order chi connectivity index (χ0) is 13.3. The monoisotopic (exact) mass is 234 g/mol. The summed E-state index contributed by atoms with van der Waals surface area (Å²) in [6, 6.07) is 2.94. The third-order valence-electron chi connectivity index (χ3n) is 1.67. The molecule has 0 aliphatic carbocycles. The largest absolute Gasteiger partial charge is 0.464 e. The molecule has 0 aliphatic rings. The number of hydrogen-bond donors (Lipinski definition) is 0. The maximum absolute atomic E-state index is 11.2. The molecule has 5 heteroatoms. The third kappa shape index (κ3) is 4.43. The van der Waals surface area contributed by atoms with Crippen molar-refractivity contribution in [3.63, 3.8) is 0 Å². The number of methoxy groups -OCH3 is 1. The normalized spacial score (nSPS) is 8.35. The van der Waals surface area contributed by atoms with Crippen molar-refractivity contribution in [3.8, 4) is 12.3 Å². The number of ether oxygens (including phenoxy) is 1. The van der Waals surface area contributed by atoms with Crippen LogP contribution in [-0.4, -0.2) is 18.1 Å². The van der Waals surface area contributed by atoms with Crippen LogP contribution in [0.5, 0.6) is 0 Å². The molecule has 0 saturated carbocycles. The maximum atomic E-state index is 11.2. The lowest BCUT2D eigenvalue weighted by Gasteiger charge is -2.01. The van der Waals surface area contributed by atoms with Gasteiger partial charge >= 0.3 is 5.97 Å². The number of rotatable bonds is 3. The Labute approximate surface area is 100 Å². The highest BCUT2D eigenvalue weighted by Crippen LogP contribution is 2.07. The first kappa shape index (κ1) is 14.8. The second kappa shape index (κ2) is 7.99. The molecule has 0 saturated heterocycles. The first-order chi connectivity index (χ1) is 8.21. The number of aromatic nitrogens is 1. The minimum absolute atomic E-state index is 0.0756. The summed E-state index contributed by atoms with van der Waals surface area (Å²) in [5.41, 5.74) is 0.886. The molecule has 0 unspecified atom stereocenters. The van der Waals surface area contributed by atoms with E-state index in [1.54, 1.807) is 0 Å². The van der Waals surface area contributed by atoms with E-state index in [0.29, 0.717) is 11.3 Å². The van der Waals surface area contributed by atoms with Crippen LogP contribution in [0.2, 0.25) is 0 Å². The molecule has 0 fully saturated rings. The van der Waals surface area contributed by atoms with E-state index in [1.807, 2.05) is 13.8 Å². The smallest absolute Gasteiger partial charge is 0.356 e. The van der Waals surface area contributed by atoms with Crippen molar-refractivity contribution < 1.29 is 9.53 Å². The molecule has 1 rings (SSSR count). The fourth-order valence-corrected chi connectivity index (χ4v) is 1.03. The number of nitrogens with zero attached hydrogens (tertiary/aromatic N) is 2. The van der Waals surface area contributed by atoms with Crippen molar-refractivity contribution in [2.45, 2.75) is 20.4 Å². The van der Waals surface area contributed by atoms with Crippen molar-refractivity contribution in [1.82, 2.24) is 4.98 Å². The minimum atomic E-state index is -0.598. The lowest BCUT2D eigenvalue weighted by Crippen LogP contribution is -2.06. The van der Waals surface area contributed by atoms with E-state index in [2.05, 4.69) is 20.8 Å². The lowest BCUT2D eigenvalue weighted by molar-refractivity contribution is 0.0593. The van der Waals surface area contributed by atoms with Crippen molar-refractivity contribution in [2.75, 3.05) is 7.11 Å². The van der Waals surface area contributed by atoms with E-state index >= 15 is 0 Å². The van der Waals surface area contributed by atoms with Gasteiger partial charge < -0.3 is 4.74 Å². The van der Waals surface area contributed by atoms with Gasteiger partial charge in [0.2, 0.25) is 0 Å². The van der Waals surface area contributed by atoms with Gasteiger partial charge in [-0.1, -0.05) is 24.9 Å². The predicted molar refractivity (Wildman–Crippen MR) is 64.4 cm³/mol. The molecule has 5 nitrogen and oxygen atoms in total. The van der Waals surface area contributed by atoms with Gasteiger partial charge in [0.1, 0.15) is 12.2 Å². The molecule has 1 aromatic rings. The second-order valence-electron chi connectivity index (χ2n) is 2.66. The van der Waals surface area contributed by atoms with Gasteiger partial charge in [-0.15, -0.1) is 6.42 Å². The Balaban J connectivity index is 0.00000121. The Kier molecular flexibility index (Phi) is 6.95. The first-order valence-electron chi connectivity index (χ1n) is 5.06. The van der Waals surface area contributed by atoms with Crippen molar-refractivity contribution in [2.24, 2.45) is 5.18 Å². The predicted octanol–water partition coefficient (Wildman–Crippen LogP) is 2.14. The summed E-state index contributed by atoms with van der Waals surface area (Å²) in [7, 11) is 1.24. The van der Waals surface area contributed by atoms with Gasteiger partial charge in [0.05, 0.1) is 12.8 Å². The van der Waals surface area contributed by atoms with E-state index in [4.69, 9.17) is 6.42 Å². The average molecular weight is 234 g/mol. The van der Waals surface area contributed by atoms with Gasteiger partial charge in [-0.05, 0) is 12.1 Å². The minimum Gasteiger partial charge on any atom is -0.464 e. The van der Waals surface area contributed by atoms with E-state index < -0.39 is 5.97 Å². The molecular weight excluding hydrogens is 220 g/mol. The summed E-state index contributed by atoms with van der Waals surface area (Å²) < 4.78 is 4.49. The number of nitroso groups, excluding NO2 is 1. The van der Waals surface area contributed by atoms with Gasteiger partial charge in [-0.25, -0.2) is 9.78 Å². The first-order valence-corrected chi connectivity index (χ1v) is 5.06. The fraction of sp³-hybridized carbons (Fsp3) is 0.333. The molecule has 0 atom stereocenters. The summed E-state index contributed by atoms with van der Waals surface area (Å²) in [6.07, 6.45) is 5.19. The van der Waals surface area contributed by atoms with Crippen LogP contribution in [0.25, 0.3) is 0 Å².